The zero-order valence-corrected chi connectivity index (χ0v) is 59.5. The van der Waals surface area contributed by atoms with Crippen molar-refractivity contribution in [1.82, 2.24) is 20.0 Å². The first kappa shape index (κ1) is 67.7. The van der Waals surface area contributed by atoms with Crippen LogP contribution in [0.4, 0.5) is 4.39 Å². The number of alkyl halides is 1. The van der Waals surface area contributed by atoms with Gasteiger partial charge >= 0.3 is 156 Å². The Balaban J connectivity index is 0.000000326. The molecule has 0 aliphatic carbocycles. The zero-order valence-electron chi connectivity index (χ0n) is 46.4. The first-order valence-corrected chi connectivity index (χ1v) is 25.8. The average molecular weight is 1370 g/mol. The Kier molecular flexibility index (Phi) is 33.9. The Morgan fingerprint density at radius 1 is 0.658 bits per heavy atom. The van der Waals surface area contributed by atoms with Gasteiger partial charge in [-0.2, -0.15) is 0 Å². The van der Waals surface area contributed by atoms with Gasteiger partial charge in [0.15, 0.2) is 1.37 Å². The van der Waals surface area contributed by atoms with E-state index in [-0.39, 0.29) is 180 Å². The summed E-state index contributed by atoms with van der Waals surface area (Å²) in [5, 5.41) is 3.91. The summed E-state index contributed by atoms with van der Waals surface area (Å²) in [6.07, 6.45) is -0.363. The van der Waals surface area contributed by atoms with Crippen molar-refractivity contribution in [2.45, 2.75) is 48.8 Å². The third-order valence-corrected chi connectivity index (χ3v) is 13.0. The minimum Gasteiger partial charge on any atom is -0.467 e. The molecule has 4 atom stereocenters. The van der Waals surface area contributed by atoms with Crippen LogP contribution in [0.25, 0.3) is 0 Å². The molecule has 13 nitrogen and oxygen atoms in total. The number of likely N-dealkylation sites (tertiary alicyclic amines) is 2. The van der Waals surface area contributed by atoms with E-state index in [1.54, 1.807) is 9.80 Å². The Hall–Kier alpha value is -3.82. The van der Waals surface area contributed by atoms with E-state index in [1.165, 1.54) is 14.2 Å². The molecule has 0 saturated carbocycles. The molecule has 0 aromatic heterocycles. The summed E-state index contributed by atoms with van der Waals surface area (Å²) in [5.41, 5.74) is 5.67. The molecular formula is C62H63BrCs2FN4O9+. The molecule has 8 rings (SSSR count). The summed E-state index contributed by atoms with van der Waals surface area (Å²) < 4.78 is 26.6. The fourth-order valence-corrected chi connectivity index (χ4v) is 9.00. The van der Waals surface area contributed by atoms with Crippen molar-refractivity contribution in [1.29, 1.82) is 0 Å². The fraction of sp³-hybridized carbons (Fsp3) is 0.258. The molecule has 2 aliphatic heterocycles. The van der Waals surface area contributed by atoms with Crippen molar-refractivity contribution in [3.8, 4) is 23.7 Å². The molecule has 0 spiro atoms. The number of nitrogens with zero attached hydrogens (tertiary/aromatic N) is 3. The van der Waals surface area contributed by atoms with Crippen molar-refractivity contribution in [3.63, 3.8) is 0 Å². The van der Waals surface area contributed by atoms with Crippen LogP contribution in [-0.2, 0) is 43.2 Å². The number of halogens is 2. The van der Waals surface area contributed by atoms with Gasteiger partial charge in [0.05, 0.1) is 37.9 Å². The van der Waals surface area contributed by atoms with E-state index in [1.807, 2.05) is 196 Å². The molecular weight excluding hydrogens is 1310 g/mol. The third-order valence-electron chi connectivity index (χ3n) is 12.7. The molecule has 2 saturated heterocycles. The van der Waals surface area contributed by atoms with Crippen LogP contribution in [0.2, 0.25) is 0 Å². The Labute approximate surface area is 591 Å². The molecule has 1 N–H and O–H groups in total. The second-order valence-corrected chi connectivity index (χ2v) is 18.0. The van der Waals surface area contributed by atoms with Gasteiger partial charge in [-0.25, -0.2) is 9.59 Å². The third kappa shape index (κ3) is 22.5. The quantitative estimate of drug-likeness (QED) is 0.0347. The Morgan fingerprint density at radius 3 is 1.37 bits per heavy atom. The van der Waals surface area contributed by atoms with Crippen molar-refractivity contribution >= 4 is 46.1 Å². The number of nitrogens with one attached hydrogen (secondary N) is 1. The van der Waals surface area contributed by atoms with E-state index in [4.69, 9.17) is 10.8 Å². The first-order chi connectivity index (χ1) is 37.9. The maximum atomic E-state index is 14.0. The zero-order chi connectivity index (χ0) is 56.1. The van der Waals surface area contributed by atoms with Crippen LogP contribution < -0.4 is 143 Å². The summed E-state index contributed by atoms with van der Waals surface area (Å²) >= 11 is 3.23. The summed E-state index contributed by atoms with van der Waals surface area (Å²) in [6.45, 7) is 1.13. The number of hydrogen-bond acceptors (Lipinski definition) is 11. The molecule has 6 aromatic rings. The molecule has 2 heterocycles. The summed E-state index contributed by atoms with van der Waals surface area (Å²) in [4.78, 5) is 73.9. The van der Waals surface area contributed by atoms with Crippen LogP contribution in [0, 0.1) is 30.5 Å². The summed E-state index contributed by atoms with van der Waals surface area (Å²) in [7, 11) is 6.57. The van der Waals surface area contributed by atoms with E-state index in [0.29, 0.717) is 32.5 Å². The van der Waals surface area contributed by atoms with Gasteiger partial charge in [-0.15, -0.1) is 0 Å². The number of hydrogen-bond donors (Lipinski definition) is 1. The fourth-order valence-electron chi connectivity index (χ4n) is 8.86. The SMILES string of the molecule is BrCC#Cc1ccccc1.CN[C@H]1C[C@@H](C(=O)OC)N(C(=O)C(c2ccccc2)c2ccccc2)C1.COC(=O)[C@@H]1C[C@H](N(C)CC#Cc2ccccc2)CN1C(=O)C(c1ccccc1)c1ccccc1.[2H]C(=O)OO[CH-]F.[Cs+].[Cs+]. The monoisotopic (exact) mass is 1370 g/mol. The van der Waals surface area contributed by atoms with Gasteiger partial charge in [0.25, 0.3) is 0 Å². The molecule has 0 bridgehead atoms. The predicted molar refractivity (Wildman–Crippen MR) is 297 cm³/mol. The van der Waals surface area contributed by atoms with E-state index >= 15 is 0 Å². The van der Waals surface area contributed by atoms with E-state index < -0.39 is 30.4 Å². The van der Waals surface area contributed by atoms with Crippen molar-refractivity contribution < 1.29 is 187 Å². The van der Waals surface area contributed by atoms with Gasteiger partial charge in [-0.1, -0.05) is 197 Å². The van der Waals surface area contributed by atoms with Crippen LogP contribution >= 0.6 is 15.9 Å². The van der Waals surface area contributed by atoms with Crippen molar-refractivity contribution in [3.05, 3.63) is 222 Å². The van der Waals surface area contributed by atoms with Crippen LogP contribution in [-0.4, -0.2) is 122 Å². The summed E-state index contributed by atoms with van der Waals surface area (Å²) in [5.74, 6) is 10.5. The number of carbonyl (C=O) groups excluding carboxylic acids is 5. The van der Waals surface area contributed by atoms with Gasteiger partial charge < -0.3 is 38.8 Å². The van der Waals surface area contributed by atoms with Crippen LogP contribution in [0.5, 0.6) is 0 Å². The van der Waals surface area contributed by atoms with Gasteiger partial charge in [-0.05, 0) is 80.3 Å². The van der Waals surface area contributed by atoms with Crippen molar-refractivity contribution in [2.24, 2.45) is 0 Å². The number of benzene rings is 6. The minimum atomic E-state index is -1.44. The normalized spacial score (nSPS) is 15.8. The van der Waals surface area contributed by atoms with Gasteiger partial charge in [0.1, 0.15) is 12.1 Å². The number of likely N-dealkylation sites (N-methyl/N-ethyl adjacent to an activating group) is 2. The van der Waals surface area contributed by atoms with Gasteiger partial charge in [-0.3, -0.25) is 19.3 Å². The maximum absolute atomic E-state index is 14.0. The standard InChI is InChI=1S/C30H30N2O3.C21H24N2O3.C9H7Br.C2H2FO3.2Cs/c1-31(20-12-15-23-13-6-3-7-14-23)26-21-27(30(34)35-2)32(22-26)29(33)28(24-16-8-4-9-17-24)25-18-10-5-11-19-25;1-22-17-13-18(21(25)26-2)23(14-17)20(24)19(15-9-5-3-6-10-15)16-11-7-4-8-12-16;10-8-4-7-9-5-2-1-3-6-9;3-1-5-6-2-4;;/h3-11,13-14,16-19,26-28H,20-22H2,1-2H3;3-12,17-19,22H,13-14H2,1-2H3;1-3,5-6H,8H2;1-2H;;/q;;;-1;2*+1/t26-,27-;17-,18-;;;;/m00..../s1/i;;;2D;;. The number of ether oxygens (including phenoxy) is 2. The van der Waals surface area contributed by atoms with E-state index in [9.17, 15) is 28.4 Å². The molecule has 17 heteroatoms. The smallest absolute Gasteiger partial charge is 0.467 e. The van der Waals surface area contributed by atoms with E-state index in [2.05, 4.69) is 59.6 Å². The van der Waals surface area contributed by atoms with Crippen LogP contribution in [0.1, 0.15) is 59.4 Å². The molecule has 6 aromatic carbocycles. The van der Waals surface area contributed by atoms with Gasteiger partial charge in [0, 0.05) is 36.3 Å². The molecule has 2 aliphatic rings. The number of rotatable bonds is 13. The number of methoxy groups -OCH3 is 2. The number of amides is 2. The average Bonchev–Trinajstić information content (AvgIpc) is 4.18. The largest absolute Gasteiger partial charge is 1.00 e. The minimum absolute atomic E-state index is 0. The topological polar surface area (TPSA) is 144 Å². The first-order valence-electron chi connectivity index (χ1n) is 25.2. The number of esters is 2. The maximum Gasteiger partial charge on any atom is 1.00 e. The van der Waals surface area contributed by atoms with E-state index in [0.717, 1.165) is 38.7 Å². The number of carbonyl (C=O) groups is 5. The predicted octanol–water partition coefficient (Wildman–Crippen LogP) is 2.75. The molecule has 400 valence electrons. The summed E-state index contributed by atoms with van der Waals surface area (Å²) in [6, 6.07) is 57.5. The molecule has 0 unspecified atom stereocenters. The molecule has 2 amide bonds. The Morgan fingerprint density at radius 2 is 1.03 bits per heavy atom. The second-order valence-electron chi connectivity index (χ2n) is 17.4. The van der Waals surface area contributed by atoms with Crippen molar-refractivity contribution in [2.75, 3.05) is 53.3 Å². The van der Waals surface area contributed by atoms with Gasteiger partial charge in [0.2, 0.25) is 11.8 Å². The van der Waals surface area contributed by atoms with Crippen LogP contribution in [0.3, 0.4) is 0 Å². The molecule has 2 fully saturated rings. The Bertz CT molecular complexity index is 2850. The molecule has 0 radical (unpaired) electrons. The second kappa shape index (κ2) is 39.6. The van der Waals surface area contributed by atoms with Crippen LogP contribution in [0.15, 0.2) is 182 Å². The molecule has 79 heavy (non-hydrogen) atoms.